The van der Waals surface area contributed by atoms with Crippen LogP contribution in [-0.4, -0.2) is 51.3 Å². The summed E-state index contributed by atoms with van der Waals surface area (Å²) in [4.78, 5) is 27.3. The fourth-order valence-electron chi connectivity index (χ4n) is 3.49. The van der Waals surface area contributed by atoms with E-state index < -0.39 is 0 Å². The zero-order chi connectivity index (χ0) is 17.8. The predicted molar refractivity (Wildman–Crippen MR) is 97.7 cm³/mol. The summed E-state index contributed by atoms with van der Waals surface area (Å²) in [5.41, 5.74) is 1.25. The summed E-state index contributed by atoms with van der Waals surface area (Å²) >= 11 is 0. The molecular weight excluding hydrogens is 318 g/mol. The van der Waals surface area contributed by atoms with Gasteiger partial charge in [-0.25, -0.2) is 0 Å². The molecule has 3 heterocycles. The molecule has 0 saturated carbocycles. The summed E-state index contributed by atoms with van der Waals surface area (Å²) in [7, 11) is 0. The maximum atomic E-state index is 12.7. The van der Waals surface area contributed by atoms with Crippen LogP contribution < -0.4 is 10.9 Å². The first kappa shape index (κ1) is 17.7. The van der Waals surface area contributed by atoms with E-state index in [-0.39, 0.29) is 18.0 Å². The quantitative estimate of drug-likeness (QED) is 0.852. The van der Waals surface area contributed by atoms with Gasteiger partial charge in [-0.3, -0.25) is 14.3 Å². The molecule has 1 N–H and O–H groups in total. The van der Waals surface area contributed by atoms with E-state index in [1.165, 1.54) is 23.8 Å². The molecule has 0 unspecified atom stereocenters. The molecule has 1 aliphatic rings. The van der Waals surface area contributed by atoms with Gasteiger partial charge in [-0.1, -0.05) is 6.42 Å². The molecule has 2 aromatic heterocycles. The molecule has 0 atom stereocenters. The lowest BCUT2D eigenvalue weighted by atomic mass is 10.1. The second-order valence-electron chi connectivity index (χ2n) is 6.66. The van der Waals surface area contributed by atoms with E-state index in [0.29, 0.717) is 18.6 Å². The highest BCUT2D eigenvalue weighted by Crippen LogP contribution is 2.13. The van der Waals surface area contributed by atoms with Crippen LogP contribution in [0.3, 0.4) is 0 Å². The van der Waals surface area contributed by atoms with Crippen molar-refractivity contribution in [1.29, 1.82) is 0 Å². The monoisotopic (exact) mass is 345 g/mol. The fraction of sp³-hybridized carbons (Fsp3) is 0.611. The molecule has 0 spiro atoms. The van der Waals surface area contributed by atoms with Crippen molar-refractivity contribution in [3.63, 3.8) is 0 Å². The minimum absolute atomic E-state index is 0.0444. The normalized spacial score (nSPS) is 15.6. The molecule has 136 valence electrons. The van der Waals surface area contributed by atoms with Crippen molar-refractivity contribution in [2.45, 2.75) is 46.2 Å². The predicted octanol–water partition coefficient (Wildman–Crippen LogP) is 1.13. The first-order chi connectivity index (χ1) is 12.1. The van der Waals surface area contributed by atoms with Crippen molar-refractivity contribution in [3.05, 3.63) is 28.3 Å². The second kappa shape index (κ2) is 7.82. The average molecular weight is 345 g/mol. The molecule has 7 heteroatoms. The summed E-state index contributed by atoms with van der Waals surface area (Å²) in [6.45, 7) is 8.26. The number of carbonyl (C=O) groups is 1. The molecule has 0 bridgehead atoms. The van der Waals surface area contributed by atoms with Crippen LogP contribution in [0.1, 0.15) is 31.9 Å². The molecule has 7 nitrogen and oxygen atoms in total. The molecule has 25 heavy (non-hydrogen) atoms. The molecule has 0 radical (unpaired) electrons. The Kier molecular flexibility index (Phi) is 5.53. The van der Waals surface area contributed by atoms with Crippen LogP contribution in [0.25, 0.3) is 10.9 Å². The Morgan fingerprint density at radius 2 is 2.04 bits per heavy atom. The van der Waals surface area contributed by atoms with Crippen molar-refractivity contribution >= 4 is 16.8 Å². The number of fused-ring (bicyclic) bond motifs is 1. The van der Waals surface area contributed by atoms with Gasteiger partial charge in [0.2, 0.25) is 5.91 Å². The van der Waals surface area contributed by atoms with E-state index in [1.54, 1.807) is 10.9 Å². The third kappa shape index (κ3) is 3.92. The number of pyridine rings is 1. The Morgan fingerprint density at radius 1 is 1.28 bits per heavy atom. The number of carbonyl (C=O) groups excluding carboxylic acids is 1. The van der Waals surface area contributed by atoms with E-state index in [9.17, 15) is 9.59 Å². The minimum Gasteiger partial charge on any atom is -0.353 e. The zero-order valence-corrected chi connectivity index (χ0v) is 15.1. The molecule has 1 aliphatic heterocycles. The van der Waals surface area contributed by atoms with Crippen molar-refractivity contribution < 1.29 is 4.79 Å². The van der Waals surface area contributed by atoms with Crippen LogP contribution in [0.15, 0.2) is 17.1 Å². The van der Waals surface area contributed by atoms with Crippen molar-refractivity contribution in [3.8, 4) is 0 Å². The van der Waals surface area contributed by atoms with Gasteiger partial charge in [0.15, 0.2) is 0 Å². The lowest BCUT2D eigenvalue weighted by molar-refractivity contribution is -0.121. The van der Waals surface area contributed by atoms with Gasteiger partial charge in [-0.15, -0.1) is 0 Å². The van der Waals surface area contributed by atoms with Gasteiger partial charge in [-0.05, 0) is 45.8 Å². The fourth-order valence-corrected chi connectivity index (χ4v) is 3.49. The Bertz CT molecular complexity index is 802. The molecule has 1 fully saturated rings. The Balaban J connectivity index is 1.63. The van der Waals surface area contributed by atoms with E-state index in [1.807, 2.05) is 19.9 Å². The topological polar surface area (TPSA) is 72.2 Å². The third-order valence-corrected chi connectivity index (χ3v) is 4.87. The number of nitrogens with one attached hydrogen (secondary N) is 1. The van der Waals surface area contributed by atoms with Gasteiger partial charge < -0.3 is 14.8 Å². The number of likely N-dealkylation sites (tertiary alicyclic amines) is 1. The van der Waals surface area contributed by atoms with Crippen molar-refractivity contribution in [1.82, 2.24) is 24.6 Å². The van der Waals surface area contributed by atoms with E-state index >= 15 is 0 Å². The molecular formula is C18H27N5O2. The first-order valence-electron chi connectivity index (χ1n) is 9.15. The number of piperidine rings is 1. The minimum atomic E-state index is -0.161. The van der Waals surface area contributed by atoms with Crippen LogP contribution in [0, 0.1) is 6.92 Å². The number of aryl methyl sites for hydroxylation is 2. The number of hydrogen-bond donors (Lipinski definition) is 1. The third-order valence-electron chi connectivity index (χ3n) is 4.87. The molecule has 1 saturated heterocycles. The highest BCUT2D eigenvalue weighted by atomic mass is 16.2. The van der Waals surface area contributed by atoms with Gasteiger partial charge in [0, 0.05) is 31.2 Å². The van der Waals surface area contributed by atoms with Gasteiger partial charge in [0.25, 0.3) is 5.56 Å². The number of amides is 1. The summed E-state index contributed by atoms with van der Waals surface area (Å²) < 4.78 is 3.17. The largest absolute Gasteiger partial charge is 0.353 e. The van der Waals surface area contributed by atoms with Gasteiger partial charge in [0.05, 0.1) is 5.69 Å². The van der Waals surface area contributed by atoms with Crippen molar-refractivity contribution in [2.24, 2.45) is 0 Å². The van der Waals surface area contributed by atoms with E-state index in [0.717, 1.165) is 30.7 Å². The smallest absolute Gasteiger partial charge is 0.277 e. The lowest BCUT2D eigenvalue weighted by Gasteiger charge is -2.26. The summed E-state index contributed by atoms with van der Waals surface area (Å²) in [6.07, 6.45) is 5.48. The van der Waals surface area contributed by atoms with Gasteiger partial charge >= 0.3 is 0 Å². The summed E-state index contributed by atoms with van der Waals surface area (Å²) in [5, 5.41) is 8.17. The standard InChI is InChI=1S/C18H27N5O2/c1-3-23-17-15(14(2)20-23)7-11-22(18(17)25)13-16(24)19-8-12-21-9-5-4-6-10-21/h7,11H,3-6,8-10,12-13H2,1-2H3,(H,19,24). The highest BCUT2D eigenvalue weighted by Gasteiger charge is 2.14. The maximum absolute atomic E-state index is 12.7. The van der Waals surface area contributed by atoms with E-state index in [4.69, 9.17) is 0 Å². The van der Waals surface area contributed by atoms with E-state index in [2.05, 4.69) is 15.3 Å². The number of rotatable bonds is 6. The van der Waals surface area contributed by atoms with Crippen LogP contribution >= 0.6 is 0 Å². The SMILES string of the molecule is CCn1nc(C)c2ccn(CC(=O)NCCN3CCCCC3)c(=O)c21. The van der Waals surface area contributed by atoms with Crippen LogP contribution in [-0.2, 0) is 17.9 Å². The van der Waals surface area contributed by atoms with Gasteiger partial charge in [0.1, 0.15) is 12.1 Å². The first-order valence-corrected chi connectivity index (χ1v) is 9.15. The highest BCUT2D eigenvalue weighted by molar-refractivity contribution is 5.81. The van der Waals surface area contributed by atoms with Crippen LogP contribution in [0.2, 0.25) is 0 Å². The zero-order valence-electron chi connectivity index (χ0n) is 15.1. The molecule has 0 aliphatic carbocycles. The van der Waals surface area contributed by atoms with Crippen LogP contribution in [0.5, 0.6) is 0 Å². The molecule has 2 aromatic rings. The average Bonchev–Trinajstić information content (AvgIpc) is 2.95. The Hall–Kier alpha value is -2.15. The molecule has 3 rings (SSSR count). The molecule has 0 aromatic carbocycles. The summed E-state index contributed by atoms with van der Waals surface area (Å²) in [6, 6.07) is 1.87. The lowest BCUT2D eigenvalue weighted by Crippen LogP contribution is -2.39. The Morgan fingerprint density at radius 3 is 2.76 bits per heavy atom. The van der Waals surface area contributed by atoms with Gasteiger partial charge in [-0.2, -0.15) is 5.10 Å². The molecule has 1 amide bonds. The Labute approximate surface area is 147 Å². The number of hydrogen-bond acceptors (Lipinski definition) is 4. The maximum Gasteiger partial charge on any atom is 0.277 e. The summed E-state index contributed by atoms with van der Waals surface area (Å²) in [5.74, 6) is -0.127. The second-order valence-corrected chi connectivity index (χ2v) is 6.66. The van der Waals surface area contributed by atoms with Crippen molar-refractivity contribution in [2.75, 3.05) is 26.2 Å². The number of aromatic nitrogens is 3. The number of nitrogens with zero attached hydrogens (tertiary/aromatic N) is 4. The van der Waals surface area contributed by atoms with Crippen LogP contribution in [0.4, 0.5) is 0 Å².